The van der Waals surface area contributed by atoms with Crippen LogP contribution >= 0.6 is 0 Å². The summed E-state index contributed by atoms with van der Waals surface area (Å²) in [7, 11) is 0. The maximum atomic E-state index is 2.68. The van der Waals surface area contributed by atoms with Crippen LogP contribution < -0.4 is 0 Å². The molecule has 0 amide bonds. The van der Waals surface area contributed by atoms with Crippen molar-refractivity contribution >= 4 is 0 Å². The van der Waals surface area contributed by atoms with Gasteiger partial charge in [-0.25, -0.2) is 0 Å². The van der Waals surface area contributed by atoms with Gasteiger partial charge in [-0.3, -0.25) is 0 Å². The van der Waals surface area contributed by atoms with Crippen molar-refractivity contribution in [2.75, 3.05) is 0 Å². The number of allylic oxidation sites excluding steroid dienone is 2. The van der Waals surface area contributed by atoms with E-state index in [-0.39, 0.29) is 22.3 Å². The minimum absolute atomic E-state index is 0. The van der Waals surface area contributed by atoms with Gasteiger partial charge in [0.15, 0.2) is 0 Å². The average Bonchev–Trinajstić information content (AvgIpc) is 2.18. The summed E-state index contributed by atoms with van der Waals surface area (Å²) in [6, 6.07) is 0. The lowest BCUT2D eigenvalue weighted by atomic mass is 10.4. The highest BCUT2D eigenvalue weighted by molar-refractivity contribution is 4.89. The number of unbranched alkanes of at least 4 members (excludes halogenated alkanes) is 1. The summed E-state index contributed by atoms with van der Waals surface area (Å²) in [6.45, 7) is 12.0. The maximum absolute atomic E-state index is 2.68. The van der Waals surface area contributed by atoms with Gasteiger partial charge < -0.3 is 0 Å². The monoisotopic (exact) mass is 216 g/mol. The van der Waals surface area contributed by atoms with Crippen LogP contribution in [-0.2, 0) is 0 Å². The molecule has 96 valence electrons. The van der Waals surface area contributed by atoms with Crippen molar-refractivity contribution in [3.63, 3.8) is 0 Å². The highest BCUT2D eigenvalue weighted by atomic mass is 13.6. The lowest BCUT2D eigenvalue weighted by molar-refractivity contribution is 0.886. The van der Waals surface area contributed by atoms with E-state index in [4.69, 9.17) is 0 Å². The molecule has 0 aromatic heterocycles. The molecule has 0 heteroatoms. The largest absolute Gasteiger partial charge is 0.107 e. The fourth-order valence-corrected chi connectivity index (χ4v) is 0. The fraction of sp³-hybridized carbons (Fsp3) is 0.733. The lowest BCUT2D eigenvalue weighted by Gasteiger charge is -1.68. The Morgan fingerprint density at radius 3 is 0.933 bits per heavy atom. The molecule has 0 N–H and O–H groups in total. The van der Waals surface area contributed by atoms with E-state index in [0.29, 0.717) is 0 Å². The van der Waals surface area contributed by atoms with E-state index in [1.807, 2.05) is 39.8 Å². The van der Waals surface area contributed by atoms with E-state index < -0.39 is 0 Å². The van der Waals surface area contributed by atoms with Crippen LogP contribution in [0.4, 0.5) is 0 Å². The molecule has 0 spiro atoms. The smallest absolute Gasteiger partial charge is 0.00271 e. The molecule has 0 rings (SSSR count). The molecule has 0 aliphatic heterocycles. The average molecular weight is 216 g/mol. The Kier molecular flexibility index (Phi) is 175. The summed E-state index contributed by atoms with van der Waals surface area (Å²) in [4.78, 5) is 0. The van der Waals surface area contributed by atoms with Crippen molar-refractivity contribution in [2.45, 2.75) is 76.7 Å². The minimum atomic E-state index is 0. The first-order chi connectivity index (χ1) is 5.74. The van der Waals surface area contributed by atoms with Gasteiger partial charge in [-0.2, -0.15) is 0 Å². The van der Waals surface area contributed by atoms with Crippen LogP contribution in [0.2, 0.25) is 0 Å². The third-order valence-electron chi connectivity index (χ3n) is 1.08. The van der Waals surface area contributed by atoms with Crippen LogP contribution in [0.1, 0.15) is 76.7 Å². The molecule has 0 fully saturated rings. The zero-order valence-corrected chi connectivity index (χ0v) is 9.57. The minimum Gasteiger partial charge on any atom is -0.107 e. The van der Waals surface area contributed by atoms with Gasteiger partial charge in [0, 0.05) is 0 Å². The summed E-state index contributed by atoms with van der Waals surface area (Å²) in [6.07, 6.45) is 6.64. The third kappa shape index (κ3) is 321. The van der Waals surface area contributed by atoms with Gasteiger partial charge in [0.2, 0.25) is 0 Å². The molecule has 0 atom stereocenters. The third-order valence-corrected chi connectivity index (χ3v) is 1.08. The summed E-state index contributed by atoms with van der Waals surface area (Å²) >= 11 is 0. The second kappa shape index (κ2) is 71.6. The molecule has 15 heavy (non-hydrogen) atoms. The van der Waals surface area contributed by atoms with Crippen molar-refractivity contribution in [1.29, 1.82) is 0 Å². The Balaban J connectivity index is -0.0000000184. The first-order valence-electron chi connectivity index (χ1n) is 4.65. The molecule has 0 aliphatic rings. The van der Waals surface area contributed by atoms with Crippen molar-refractivity contribution in [1.82, 2.24) is 0 Å². The highest BCUT2D eigenvalue weighted by Crippen LogP contribution is 1.76. The quantitative estimate of drug-likeness (QED) is 0.355. The van der Waals surface area contributed by atoms with Crippen molar-refractivity contribution in [3.8, 4) is 11.8 Å². The van der Waals surface area contributed by atoms with E-state index in [0.717, 1.165) is 0 Å². The first kappa shape index (κ1) is 36.7. The van der Waals surface area contributed by atoms with Gasteiger partial charge in [-0.05, 0) is 27.7 Å². The molecule has 0 saturated heterocycles. The standard InChI is InChI=1S/C4H10.C4H8.C4H6.3CH4/c3*1-3-4-2;;;/h3-4H2,1-2H3;3-4H,1-2H3;1-2H3;3*1H4. The summed E-state index contributed by atoms with van der Waals surface area (Å²) in [5.74, 6) is 5.36. The van der Waals surface area contributed by atoms with Crippen LogP contribution in [0.15, 0.2) is 12.2 Å². The fourth-order valence-electron chi connectivity index (χ4n) is 0. The Morgan fingerprint density at radius 1 is 0.733 bits per heavy atom. The zero-order valence-electron chi connectivity index (χ0n) is 9.57. The lowest BCUT2D eigenvalue weighted by Crippen LogP contribution is -1.47. The van der Waals surface area contributed by atoms with Gasteiger partial charge in [0.25, 0.3) is 0 Å². The second-order valence-electron chi connectivity index (χ2n) is 2.17. The topological polar surface area (TPSA) is 0 Å². The predicted molar refractivity (Wildman–Crippen MR) is 80.4 cm³/mol. The molecule has 0 bridgehead atoms. The number of rotatable bonds is 1. The molecule has 0 aromatic rings. The Bertz CT molecular complexity index is 97.7. The van der Waals surface area contributed by atoms with E-state index in [1.54, 1.807) is 0 Å². The van der Waals surface area contributed by atoms with E-state index in [1.165, 1.54) is 12.8 Å². The van der Waals surface area contributed by atoms with Crippen LogP contribution in [0, 0.1) is 11.8 Å². The summed E-state index contributed by atoms with van der Waals surface area (Å²) < 4.78 is 0. The molecule has 0 aliphatic carbocycles. The van der Waals surface area contributed by atoms with Crippen LogP contribution in [0.25, 0.3) is 0 Å². The van der Waals surface area contributed by atoms with Crippen molar-refractivity contribution < 1.29 is 0 Å². The Morgan fingerprint density at radius 2 is 0.933 bits per heavy atom. The molecule has 0 heterocycles. The molecule has 0 unspecified atom stereocenters. The Labute approximate surface area is 101 Å². The zero-order chi connectivity index (χ0) is 10.2. The van der Waals surface area contributed by atoms with Gasteiger partial charge in [-0.15, -0.1) is 11.8 Å². The van der Waals surface area contributed by atoms with Gasteiger partial charge >= 0.3 is 0 Å². The SMILES string of the molecule is C.C.C.CC#CC.CC=CC.CCCC. The first-order valence-corrected chi connectivity index (χ1v) is 4.65. The molecule has 0 saturated carbocycles. The van der Waals surface area contributed by atoms with Crippen molar-refractivity contribution in [3.05, 3.63) is 12.2 Å². The van der Waals surface area contributed by atoms with E-state index >= 15 is 0 Å². The predicted octanol–water partition coefficient (Wildman–Crippen LogP) is 6.33. The molecule has 0 aromatic carbocycles. The van der Waals surface area contributed by atoms with Gasteiger partial charge in [0.1, 0.15) is 0 Å². The molecule has 0 radical (unpaired) electrons. The normalized spacial score (nSPS) is 5.47. The second-order valence-corrected chi connectivity index (χ2v) is 2.17. The number of hydrogen-bond donors (Lipinski definition) is 0. The van der Waals surface area contributed by atoms with E-state index in [2.05, 4.69) is 25.7 Å². The summed E-state index contributed by atoms with van der Waals surface area (Å²) in [5, 5.41) is 0. The van der Waals surface area contributed by atoms with Gasteiger partial charge in [0.05, 0.1) is 0 Å². The maximum Gasteiger partial charge on any atom is -0.00271 e. The molecular formula is C15H36. The van der Waals surface area contributed by atoms with Crippen LogP contribution in [0.3, 0.4) is 0 Å². The molecule has 0 nitrogen and oxygen atoms in total. The van der Waals surface area contributed by atoms with Gasteiger partial charge in [-0.1, -0.05) is 61.1 Å². The highest BCUT2D eigenvalue weighted by Gasteiger charge is 1.56. The summed E-state index contributed by atoms with van der Waals surface area (Å²) in [5.41, 5.74) is 0. The van der Waals surface area contributed by atoms with Crippen molar-refractivity contribution in [2.24, 2.45) is 0 Å². The number of hydrogen-bond acceptors (Lipinski definition) is 0. The molecular weight excluding hydrogens is 180 g/mol. The Hall–Kier alpha value is -0.700. The van der Waals surface area contributed by atoms with E-state index in [9.17, 15) is 0 Å². The van der Waals surface area contributed by atoms with Crippen LogP contribution in [0.5, 0.6) is 0 Å². The van der Waals surface area contributed by atoms with Crippen LogP contribution in [-0.4, -0.2) is 0 Å².